The lowest BCUT2D eigenvalue weighted by atomic mass is 9.99. The number of phenolic OH excluding ortho intramolecular Hbond substituents is 1. The van der Waals surface area contributed by atoms with Crippen molar-refractivity contribution in [1.29, 1.82) is 0 Å². The molecule has 0 spiro atoms. The van der Waals surface area contributed by atoms with Crippen LogP contribution in [-0.2, 0) is 19.1 Å². The van der Waals surface area contributed by atoms with Crippen molar-refractivity contribution in [3.8, 4) is 22.6 Å². The number of hydrogen-bond donors (Lipinski definition) is 5. The lowest BCUT2D eigenvalue weighted by Crippen LogP contribution is -2.60. The Bertz CT molecular complexity index is 1310. The first-order chi connectivity index (χ1) is 17.1. The average molecular weight is 502 g/mol. The van der Waals surface area contributed by atoms with Crippen molar-refractivity contribution in [1.82, 2.24) is 0 Å². The standard InChI is InChI=1S/C24H22O12/c25-12-3-1-11(2-4-12)15-9-33-16-7-13(5-6-14(16)20(15)29)35-24-23(32)22(31)21(30)17(36-24)10-34-19(28)8-18(26)27/h1-7,9,17,21-25,30-32H,8,10H2,(H,26,27)/t17?,21-,22?,23?,24?/m0/s1. The van der Waals surface area contributed by atoms with Gasteiger partial charge in [0.25, 0.3) is 0 Å². The van der Waals surface area contributed by atoms with Crippen LogP contribution in [0.3, 0.4) is 0 Å². The molecule has 12 heteroatoms. The van der Waals surface area contributed by atoms with Crippen LogP contribution in [0.1, 0.15) is 6.42 Å². The van der Waals surface area contributed by atoms with Gasteiger partial charge in [-0.2, -0.15) is 0 Å². The molecule has 0 amide bonds. The number of benzene rings is 2. The van der Waals surface area contributed by atoms with Crippen molar-refractivity contribution in [3.05, 3.63) is 59.0 Å². The molecule has 36 heavy (non-hydrogen) atoms. The molecule has 0 bridgehead atoms. The predicted octanol–water partition coefficient (Wildman–Crippen LogP) is 0.370. The maximum Gasteiger partial charge on any atom is 0.317 e. The zero-order chi connectivity index (χ0) is 26.0. The van der Waals surface area contributed by atoms with Gasteiger partial charge in [-0.15, -0.1) is 0 Å². The van der Waals surface area contributed by atoms with Gasteiger partial charge in [-0.05, 0) is 29.8 Å². The number of fused-ring (bicyclic) bond motifs is 1. The van der Waals surface area contributed by atoms with E-state index in [1.165, 1.54) is 36.6 Å². The molecule has 190 valence electrons. The van der Waals surface area contributed by atoms with E-state index in [9.17, 15) is 34.8 Å². The topological polar surface area (TPSA) is 193 Å². The van der Waals surface area contributed by atoms with Crippen LogP contribution < -0.4 is 10.2 Å². The van der Waals surface area contributed by atoms with Crippen molar-refractivity contribution in [2.45, 2.75) is 37.1 Å². The Balaban J connectivity index is 1.51. The zero-order valence-corrected chi connectivity index (χ0v) is 18.5. The minimum atomic E-state index is -1.72. The Morgan fingerprint density at radius 1 is 0.972 bits per heavy atom. The normalized spacial score (nSPS) is 23.8. The Morgan fingerprint density at radius 3 is 2.39 bits per heavy atom. The number of rotatable bonds is 7. The van der Waals surface area contributed by atoms with Gasteiger partial charge in [0.1, 0.15) is 60.8 Å². The summed E-state index contributed by atoms with van der Waals surface area (Å²) in [5.41, 5.74) is 0.652. The van der Waals surface area contributed by atoms with Crippen molar-refractivity contribution in [2.24, 2.45) is 0 Å². The van der Waals surface area contributed by atoms with E-state index >= 15 is 0 Å². The molecule has 1 aliphatic heterocycles. The van der Waals surface area contributed by atoms with Crippen molar-refractivity contribution < 1.29 is 53.7 Å². The number of ether oxygens (including phenoxy) is 3. The van der Waals surface area contributed by atoms with Gasteiger partial charge in [-0.3, -0.25) is 14.4 Å². The summed E-state index contributed by atoms with van der Waals surface area (Å²) in [5, 5.41) is 48.9. The number of carbonyl (C=O) groups excluding carboxylic acids is 1. The van der Waals surface area contributed by atoms with Crippen molar-refractivity contribution >= 4 is 22.9 Å². The van der Waals surface area contributed by atoms with Gasteiger partial charge in [-0.25, -0.2) is 0 Å². The molecule has 2 heterocycles. The SMILES string of the molecule is O=C(O)CC(=O)OCC1OC(Oc2ccc3c(=O)c(-c4ccc(O)cc4)coc3c2)C(O)C(O)[C@H]1O. The maximum atomic E-state index is 12.9. The first kappa shape index (κ1) is 25.1. The van der Waals surface area contributed by atoms with E-state index in [2.05, 4.69) is 0 Å². The Hall–Kier alpha value is -3.97. The molecular formula is C24H22O12. The minimum absolute atomic E-state index is 0.0520. The van der Waals surface area contributed by atoms with Crippen LogP contribution in [0.25, 0.3) is 22.1 Å². The van der Waals surface area contributed by atoms with Crippen LogP contribution in [0.5, 0.6) is 11.5 Å². The van der Waals surface area contributed by atoms with E-state index in [0.29, 0.717) is 5.56 Å². The van der Waals surface area contributed by atoms with Crippen molar-refractivity contribution in [2.75, 3.05) is 6.61 Å². The molecule has 4 rings (SSSR count). The highest BCUT2D eigenvalue weighted by atomic mass is 16.7. The van der Waals surface area contributed by atoms with Gasteiger partial charge in [0.2, 0.25) is 6.29 Å². The van der Waals surface area contributed by atoms with Crippen LogP contribution in [-0.4, -0.2) is 74.8 Å². The van der Waals surface area contributed by atoms with Crippen LogP contribution in [0.2, 0.25) is 0 Å². The molecule has 12 nitrogen and oxygen atoms in total. The molecule has 0 saturated carbocycles. The molecule has 2 aromatic carbocycles. The second-order valence-electron chi connectivity index (χ2n) is 8.07. The molecule has 1 saturated heterocycles. The summed E-state index contributed by atoms with van der Waals surface area (Å²) in [4.78, 5) is 35.0. The van der Waals surface area contributed by atoms with E-state index < -0.39 is 55.7 Å². The highest BCUT2D eigenvalue weighted by molar-refractivity contribution is 5.90. The Labute approximate surface area is 202 Å². The maximum absolute atomic E-state index is 12.9. The summed E-state index contributed by atoms with van der Waals surface area (Å²) in [5.74, 6) is -2.33. The molecule has 3 aromatic rings. The first-order valence-corrected chi connectivity index (χ1v) is 10.7. The van der Waals surface area contributed by atoms with Crippen LogP contribution in [0.4, 0.5) is 0 Å². The molecule has 1 aliphatic rings. The lowest BCUT2D eigenvalue weighted by molar-refractivity contribution is -0.278. The number of aromatic hydroxyl groups is 1. The fraction of sp³-hybridized carbons (Fsp3) is 0.292. The average Bonchev–Trinajstić information content (AvgIpc) is 2.84. The van der Waals surface area contributed by atoms with Gasteiger partial charge in [-0.1, -0.05) is 12.1 Å². The summed E-state index contributed by atoms with van der Waals surface area (Å²) < 4.78 is 21.4. The van der Waals surface area contributed by atoms with E-state index in [1.807, 2.05) is 0 Å². The monoisotopic (exact) mass is 502 g/mol. The van der Waals surface area contributed by atoms with Gasteiger partial charge in [0.05, 0.1) is 10.9 Å². The fourth-order valence-electron chi connectivity index (χ4n) is 3.66. The van der Waals surface area contributed by atoms with Gasteiger partial charge in [0, 0.05) is 6.07 Å². The third-order valence-corrected chi connectivity index (χ3v) is 5.55. The number of aliphatic hydroxyl groups excluding tert-OH is 3. The second kappa shape index (κ2) is 10.3. The second-order valence-corrected chi connectivity index (χ2v) is 8.07. The molecule has 5 atom stereocenters. The summed E-state index contributed by atoms with van der Waals surface area (Å²) in [6, 6.07) is 10.2. The third-order valence-electron chi connectivity index (χ3n) is 5.55. The number of hydrogen-bond acceptors (Lipinski definition) is 11. The number of carbonyl (C=O) groups is 2. The summed E-state index contributed by atoms with van der Waals surface area (Å²) >= 11 is 0. The number of carboxylic acids is 1. The van der Waals surface area contributed by atoms with E-state index in [-0.39, 0.29) is 33.5 Å². The highest BCUT2D eigenvalue weighted by Crippen LogP contribution is 2.28. The number of carboxylic acid groups (broad SMARTS) is 1. The van der Waals surface area contributed by atoms with Gasteiger partial charge >= 0.3 is 11.9 Å². The summed E-state index contributed by atoms with van der Waals surface area (Å²) in [7, 11) is 0. The summed E-state index contributed by atoms with van der Waals surface area (Å²) in [6.45, 7) is -0.594. The Kier molecular flexibility index (Phi) is 7.22. The number of phenols is 1. The van der Waals surface area contributed by atoms with Crippen molar-refractivity contribution in [3.63, 3.8) is 0 Å². The first-order valence-electron chi connectivity index (χ1n) is 10.7. The van der Waals surface area contributed by atoms with E-state index in [4.69, 9.17) is 23.7 Å². The molecular weight excluding hydrogens is 480 g/mol. The largest absolute Gasteiger partial charge is 0.508 e. The zero-order valence-electron chi connectivity index (χ0n) is 18.5. The quantitative estimate of drug-likeness (QED) is 0.220. The number of aliphatic hydroxyl groups is 3. The summed E-state index contributed by atoms with van der Waals surface area (Å²) in [6.07, 6.45) is -7.53. The van der Waals surface area contributed by atoms with Crippen LogP contribution in [0.15, 0.2) is 57.9 Å². The minimum Gasteiger partial charge on any atom is -0.508 e. The molecule has 1 fully saturated rings. The van der Waals surface area contributed by atoms with E-state index in [1.54, 1.807) is 12.1 Å². The van der Waals surface area contributed by atoms with E-state index in [0.717, 1.165) is 0 Å². The molecule has 4 unspecified atom stereocenters. The molecule has 5 N–H and O–H groups in total. The van der Waals surface area contributed by atoms with Gasteiger partial charge in [0.15, 0.2) is 5.43 Å². The molecule has 0 radical (unpaired) electrons. The smallest absolute Gasteiger partial charge is 0.317 e. The third kappa shape index (κ3) is 5.31. The molecule has 1 aromatic heterocycles. The number of esters is 1. The predicted molar refractivity (Wildman–Crippen MR) is 120 cm³/mol. The number of aliphatic carboxylic acids is 1. The molecule has 0 aliphatic carbocycles. The fourth-order valence-corrected chi connectivity index (χ4v) is 3.66. The highest BCUT2D eigenvalue weighted by Gasteiger charge is 2.45. The van der Waals surface area contributed by atoms with Gasteiger partial charge < -0.3 is 44.2 Å². The van der Waals surface area contributed by atoms with Crippen LogP contribution >= 0.6 is 0 Å². The Morgan fingerprint density at radius 2 is 1.69 bits per heavy atom. The van der Waals surface area contributed by atoms with Crippen LogP contribution in [0, 0.1) is 0 Å². The lowest BCUT2D eigenvalue weighted by Gasteiger charge is -2.39.